The van der Waals surface area contributed by atoms with Crippen molar-refractivity contribution < 1.29 is 4.79 Å². The van der Waals surface area contributed by atoms with Crippen LogP contribution in [0.25, 0.3) is 0 Å². The minimum Gasteiger partial charge on any atom is -0.373 e. The molecule has 1 saturated heterocycles. The quantitative estimate of drug-likeness (QED) is 0.848. The minimum absolute atomic E-state index is 0.0305. The van der Waals surface area contributed by atoms with Crippen molar-refractivity contribution in [1.29, 1.82) is 0 Å². The van der Waals surface area contributed by atoms with E-state index in [4.69, 9.17) is 11.6 Å². The second kappa shape index (κ2) is 5.80. The van der Waals surface area contributed by atoms with Crippen LogP contribution in [0.1, 0.15) is 17.3 Å². The fourth-order valence-electron chi connectivity index (χ4n) is 1.93. The molecular formula is C12H16ClN3OS. The first kappa shape index (κ1) is 13.5. The maximum atomic E-state index is 12.4. The van der Waals surface area contributed by atoms with Crippen LogP contribution in [0, 0.1) is 0 Å². The van der Waals surface area contributed by atoms with Gasteiger partial charge in [0.05, 0.1) is 0 Å². The van der Waals surface area contributed by atoms with E-state index in [1.165, 1.54) is 0 Å². The number of amides is 1. The molecule has 18 heavy (non-hydrogen) atoms. The van der Waals surface area contributed by atoms with Crippen LogP contribution in [-0.4, -0.2) is 46.9 Å². The Hall–Kier alpha value is -0.940. The molecule has 6 heteroatoms. The Kier molecular flexibility index (Phi) is 4.35. The van der Waals surface area contributed by atoms with Crippen molar-refractivity contribution in [3.63, 3.8) is 0 Å². The first-order valence-corrected chi connectivity index (χ1v) is 7.29. The fourth-order valence-corrected chi connectivity index (χ4v) is 3.16. The molecule has 0 radical (unpaired) electrons. The van der Waals surface area contributed by atoms with Gasteiger partial charge in [0.25, 0.3) is 5.91 Å². The number of thioether (sulfide) groups is 1. The molecule has 1 aliphatic heterocycles. The molecule has 4 nitrogen and oxygen atoms in total. The summed E-state index contributed by atoms with van der Waals surface area (Å²) in [6.07, 6.45) is 0. The topological polar surface area (TPSA) is 45.2 Å². The highest BCUT2D eigenvalue weighted by Crippen LogP contribution is 2.21. The molecular weight excluding hydrogens is 270 g/mol. The molecule has 1 atom stereocenters. The van der Waals surface area contributed by atoms with E-state index in [9.17, 15) is 4.79 Å². The van der Waals surface area contributed by atoms with Crippen molar-refractivity contribution in [2.45, 2.75) is 12.2 Å². The normalized spacial score (nSPS) is 19.7. The summed E-state index contributed by atoms with van der Waals surface area (Å²) in [6.45, 7) is 3.73. The summed E-state index contributed by atoms with van der Waals surface area (Å²) in [5.74, 6) is 1.64. The van der Waals surface area contributed by atoms with Crippen molar-refractivity contribution in [1.82, 2.24) is 9.88 Å². The smallest absolute Gasteiger partial charge is 0.254 e. The van der Waals surface area contributed by atoms with Gasteiger partial charge in [-0.15, -0.1) is 0 Å². The standard InChI is InChI=1S/C12H16ClN3OS/c1-8-7-16(3-4-18-8)12(17)9-5-10(13)15-11(6-9)14-2/h5-6,8H,3-4,7H2,1-2H3,(H,14,15). The number of pyridine rings is 1. The number of hydrogen-bond donors (Lipinski definition) is 1. The Morgan fingerprint density at radius 3 is 3.06 bits per heavy atom. The monoisotopic (exact) mass is 285 g/mol. The average Bonchev–Trinajstić information content (AvgIpc) is 2.37. The van der Waals surface area contributed by atoms with Gasteiger partial charge in [-0.05, 0) is 12.1 Å². The number of halogens is 1. The predicted octanol–water partition coefficient (Wildman–Crippen LogP) is 2.35. The number of rotatable bonds is 2. The third-order valence-corrected chi connectivity index (χ3v) is 4.16. The molecule has 0 aliphatic carbocycles. The van der Waals surface area contributed by atoms with Crippen molar-refractivity contribution in [3.05, 3.63) is 22.8 Å². The molecule has 2 heterocycles. The van der Waals surface area contributed by atoms with E-state index in [2.05, 4.69) is 17.2 Å². The number of aromatic nitrogens is 1. The van der Waals surface area contributed by atoms with Gasteiger partial charge in [0.2, 0.25) is 0 Å². The summed E-state index contributed by atoms with van der Waals surface area (Å²) in [5, 5.41) is 3.73. The van der Waals surface area contributed by atoms with Gasteiger partial charge in [-0.1, -0.05) is 18.5 Å². The van der Waals surface area contributed by atoms with Crippen LogP contribution >= 0.6 is 23.4 Å². The second-order valence-corrected chi connectivity index (χ2v) is 6.18. The van der Waals surface area contributed by atoms with Gasteiger partial charge in [0, 0.05) is 36.7 Å². The molecule has 98 valence electrons. The highest BCUT2D eigenvalue weighted by Gasteiger charge is 2.23. The van der Waals surface area contributed by atoms with Crippen molar-refractivity contribution in [2.75, 3.05) is 31.2 Å². The van der Waals surface area contributed by atoms with Crippen LogP contribution in [0.5, 0.6) is 0 Å². The van der Waals surface area contributed by atoms with Crippen LogP contribution in [0.3, 0.4) is 0 Å². The summed E-state index contributed by atoms with van der Waals surface area (Å²) in [7, 11) is 1.76. The molecule has 1 fully saturated rings. The van der Waals surface area contributed by atoms with Gasteiger partial charge < -0.3 is 10.2 Å². The Morgan fingerprint density at radius 2 is 2.39 bits per heavy atom. The van der Waals surface area contributed by atoms with Gasteiger partial charge in [-0.2, -0.15) is 11.8 Å². The average molecular weight is 286 g/mol. The van der Waals surface area contributed by atoms with Crippen LogP contribution in [-0.2, 0) is 0 Å². The summed E-state index contributed by atoms with van der Waals surface area (Å²) in [4.78, 5) is 18.3. The lowest BCUT2D eigenvalue weighted by Crippen LogP contribution is -2.41. The molecule has 1 aliphatic rings. The molecule has 2 rings (SSSR count). The summed E-state index contributed by atoms with van der Waals surface area (Å²) >= 11 is 7.82. The predicted molar refractivity (Wildman–Crippen MR) is 76.6 cm³/mol. The number of anilines is 1. The molecule has 1 amide bonds. The SMILES string of the molecule is CNc1cc(C(=O)N2CCSC(C)C2)cc(Cl)n1. The number of hydrogen-bond acceptors (Lipinski definition) is 4. The molecule has 1 aromatic rings. The summed E-state index contributed by atoms with van der Waals surface area (Å²) in [5.41, 5.74) is 0.596. The van der Waals surface area contributed by atoms with Gasteiger partial charge in [-0.25, -0.2) is 4.98 Å². The Bertz CT molecular complexity index is 455. The van der Waals surface area contributed by atoms with Gasteiger partial charge in [0.1, 0.15) is 11.0 Å². The first-order chi connectivity index (χ1) is 8.60. The Morgan fingerprint density at radius 1 is 1.61 bits per heavy atom. The van der Waals surface area contributed by atoms with E-state index in [1.54, 1.807) is 19.2 Å². The third kappa shape index (κ3) is 3.09. The molecule has 0 spiro atoms. The van der Waals surface area contributed by atoms with E-state index in [-0.39, 0.29) is 5.91 Å². The lowest BCUT2D eigenvalue weighted by Gasteiger charge is -2.30. The van der Waals surface area contributed by atoms with E-state index in [0.717, 1.165) is 18.8 Å². The van der Waals surface area contributed by atoms with Crippen molar-refractivity contribution in [3.8, 4) is 0 Å². The van der Waals surface area contributed by atoms with E-state index in [1.807, 2.05) is 16.7 Å². The largest absolute Gasteiger partial charge is 0.373 e. The first-order valence-electron chi connectivity index (χ1n) is 5.86. The second-order valence-electron chi connectivity index (χ2n) is 4.25. The zero-order chi connectivity index (χ0) is 13.1. The number of nitrogens with one attached hydrogen (secondary N) is 1. The molecule has 0 saturated carbocycles. The highest BCUT2D eigenvalue weighted by atomic mass is 35.5. The minimum atomic E-state index is 0.0305. The molecule has 0 aromatic carbocycles. The Balaban J connectivity index is 2.19. The highest BCUT2D eigenvalue weighted by molar-refractivity contribution is 7.99. The van der Waals surface area contributed by atoms with Crippen LogP contribution in [0.15, 0.2) is 12.1 Å². The lowest BCUT2D eigenvalue weighted by molar-refractivity contribution is 0.0763. The third-order valence-electron chi connectivity index (χ3n) is 2.83. The van der Waals surface area contributed by atoms with E-state index < -0.39 is 0 Å². The van der Waals surface area contributed by atoms with Gasteiger partial charge in [-0.3, -0.25) is 4.79 Å². The van der Waals surface area contributed by atoms with Crippen LogP contribution in [0.2, 0.25) is 5.15 Å². The zero-order valence-electron chi connectivity index (χ0n) is 10.4. The number of carbonyl (C=O) groups is 1. The van der Waals surface area contributed by atoms with Crippen molar-refractivity contribution >= 4 is 35.1 Å². The zero-order valence-corrected chi connectivity index (χ0v) is 12.0. The van der Waals surface area contributed by atoms with Crippen LogP contribution in [0.4, 0.5) is 5.82 Å². The van der Waals surface area contributed by atoms with Crippen molar-refractivity contribution in [2.24, 2.45) is 0 Å². The number of nitrogens with zero attached hydrogens (tertiary/aromatic N) is 2. The van der Waals surface area contributed by atoms with Gasteiger partial charge in [0.15, 0.2) is 0 Å². The molecule has 0 bridgehead atoms. The van der Waals surface area contributed by atoms with Gasteiger partial charge >= 0.3 is 0 Å². The van der Waals surface area contributed by atoms with E-state index >= 15 is 0 Å². The molecule has 1 unspecified atom stereocenters. The maximum Gasteiger partial charge on any atom is 0.254 e. The Labute approximate surface area is 116 Å². The summed E-state index contributed by atoms with van der Waals surface area (Å²) < 4.78 is 0. The maximum absolute atomic E-state index is 12.4. The van der Waals surface area contributed by atoms with E-state index in [0.29, 0.717) is 21.8 Å². The number of carbonyl (C=O) groups excluding carboxylic acids is 1. The summed E-state index contributed by atoms with van der Waals surface area (Å²) in [6, 6.07) is 3.36. The lowest BCUT2D eigenvalue weighted by atomic mass is 10.2. The van der Waals surface area contributed by atoms with Crippen LogP contribution < -0.4 is 5.32 Å². The molecule has 1 aromatic heterocycles. The fraction of sp³-hybridized carbons (Fsp3) is 0.500. The molecule has 1 N–H and O–H groups in total.